The van der Waals surface area contributed by atoms with E-state index in [9.17, 15) is 9.59 Å². The van der Waals surface area contributed by atoms with Gasteiger partial charge in [0.25, 0.3) is 5.91 Å². The fourth-order valence-corrected chi connectivity index (χ4v) is 2.79. The summed E-state index contributed by atoms with van der Waals surface area (Å²) in [6, 6.07) is 7.07. The van der Waals surface area contributed by atoms with E-state index >= 15 is 0 Å². The lowest BCUT2D eigenvalue weighted by atomic mass is 10.2. The number of amides is 1. The minimum Gasteiger partial charge on any atom is -0.350 e. The first-order valence-corrected chi connectivity index (χ1v) is 7.51. The van der Waals surface area contributed by atoms with Crippen molar-refractivity contribution in [3.8, 4) is 0 Å². The van der Waals surface area contributed by atoms with Crippen molar-refractivity contribution >= 4 is 28.1 Å². The van der Waals surface area contributed by atoms with Crippen molar-refractivity contribution in [3.05, 3.63) is 50.5 Å². The van der Waals surface area contributed by atoms with Gasteiger partial charge in [-0.15, -0.1) is 21.5 Å². The summed E-state index contributed by atoms with van der Waals surface area (Å²) in [5.74, 6) is -0.372. The maximum atomic E-state index is 12.2. The van der Waals surface area contributed by atoms with Gasteiger partial charge < -0.3 is 10.3 Å². The number of aryl methyl sites for hydroxylation is 1. The third-order valence-corrected chi connectivity index (χ3v) is 3.94. The molecule has 3 aromatic rings. The summed E-state index contributed by atoms with van der Waals surface area (Å²) in [5.41, 5.74) is 0.184. The van der Waals surface area contributed by atoms with E-state index in [1.54, 1.807) is 24.3 Å². The number of para-hydroxylation sites is 1. The zero-order chi connectivity index (χ0) is 15.5. The van der Waals surface area contributed by atoms with Crippen molar-refractivity contribution in [2.45, 2.75) is 13.3 Å². The van der Waals surface area contributed by atoms with Gasteiger partial charge in [-0.3, -0.25) is 4.79 Å². The Hall–Kier alpha value is -2.61. The Kier molecular flexibility index (Phi) is 3.92. The summed E-state index contributed by atoms with van der Waals surface area (Å²) < 4.78 is 0. The minimum absolute atomic E-state index is 0.132. The van der Waals surface area contributed by atoms with E-state index in [4.69, 9.17) is 0 Å². The highest BCUT2D eigenvalue weighted by Crippen LogP contribution is 2.12. The Balaban J connectivity index is 1.76. The van der Waals surface area contributed by atoms with Gasteiger partial charge in [-0.2, -0.15) is 4.98 Å². The van der Waals surface area contributed by atoms with Gasteiger partial charge >= 0.3 is 5.69 Å². The van der Waals surface area contributed by atoms with E-state index in [1.165, 1.54) is 11.3 Å². The van der Waals surface area contributed by atoms with Crippen LogP contribution in [0.15, 0.2) is 29.1 Å². The SMILES string of the molecule is Cc1nnc(CCNC(=O)c2nc(=O)[nH]c3ccccc23)s1. The highest BCUT2D eigenvalue weighted by atomic mass is 32.1. The molecule has 0 radical (unpaired) electrons. The summed E-state index contributed by atoms with van der Waals surface area (Å²) in [4.78, 5) is 30.2. The molecule has 0 aliphatic rings. The molecule has 0 unspecified atom stereocenters. The number of aromatic nitrogens is 4. The molecule has 0 aliphatic heterocycles. The number of carbonyl (C=O) groups is 1. The molecule has 7 nitrogen and oxygen atoms in total. The molecule has 0 spiro atoms. The lowest BCUT2D eigenvalue weighted by Crippen LogP contribution is -2.29. The minimum atomic E-state index is -0.538. The Morgan fingerprint density at radius 1 is 1.32 bits per heavy atom. The molecule has 8 heteroatoms. The maximum Gasteiger partial charge on any atom is 0.346 e. The van der Waals surface area contributed by atoms with Gasteiger partial charge in [0, 0.05) is 18.4 Å². The molecule has 3 rings (SSSR count). The number of carbonyl (C=O) groups excluding carboxylic acids is 1. The number of rotatable bonds is 4. The third kappa shape index (κ3) is 3.01. The Morgan fingerprint density at radius 3 is 2.91 bits per heavy atom. The lowest BCUT2D eigenvalue weighted by molar-refractivity contribution is 0.0950. The molecular formula is C14H13N5O2S. The predicted molar refractivity (Wildman–Crippen MR) is 83.0 cm³/mol. The number of hydrogen-bond donors (Lipinski definition) is 2. The smallest absolute Gasteiger partial charge is 0.346 e. The van der Waals surface area contributed by atoms with Crippen LogP contribution in [0.1, 0.15) is 20.5 Å². The van der Waals surface area contributed by atoms with Crippen molar-refractivity contribution in [3.63, 3.8) is 0 Å². The van der Waals surface area contributed by atoms with Gasteiger partial charge in [-0.25, -0.2) is 4.79 Å². The molecule has 2 aromatic heterocycles. The predicted octanol–water partition coefficient (Wildman–Crippen LogP) is 1.06. The second-order valence-electron chi connectivity index (χ2n) is 4.66. The Labute approximate surface area is 129 Å². The molecule has 0 saturated carbocycles. The monoisotopic (exact) mass is 315 g/mol. The number of hydrogen-bond acceptors (Lipinski definition) is 6. The highest BCUT2D eigenvalue weighted by Gasteiger charge is 2.13. The molecule has 2 heterocycles. The molecule has 112 valence electrons. The van der Waals surface area contributed by atoms with Crippen LogP contribution in [-0.2, 0) is 6.42 Å². The molecule has 0 bridgehead atoms. The first-order chi connectivity index (χ1) is 10.6. The van der Waals surface area contributed by atoms with Gasteiger partial charge in [-0.05, 0) is 13.0 Å². The van der Waals surface area contributed by atoms with E-state index in [2.05, 4.69) is 25.5 Å². The van der Waals surface area contributed by atoms with E-state index in [0.717, 1.165) is 10.0 Å². The van der Waals surface area contributed by atoms with Gasteiger partial charge in [0.1, 0.15) is 15.7 Å². The first kappa shape index (κ1) is 14.3. The van der Waals surface area contributed by atoms with Crippen LogP contribution in [0.25, 0.3) is 10.9 Å². The van der Waals surface area contributed by atoms with Crippen molar-refractivity contribution in [1.82, 2.24) is 25.5 Å². The van der Waals surface area contributed by atoms with Crippen molar-refractivity contribution in [2.75, 3.05) is 6.54 Å². The summed E-state index contributed by atoms with van der Waals surface area (Å²) in [6.45, 7) is 2.29. The second kappa shape index (κ2) is 6.02. The van der Waals surface area contributed by atoms with Crippen LogP contribution in [0, 0.1) is 6.92 Å². The van der Waals surface area contributed by atoms with E-state index in [1.807, 2.05) is 6.92 Å². The molecular weight excluding hydrogens is 302 g/mol. The summed E-state index contributed by atoms with van der Waals surface area (Å²) in [6.07, 6.45) is 0.596. The van der Waals surface area contributed by atoms with E-state index in [0.29, 0.717) is 23.9 Å². The van der Waals surface area contributed by atoms with Crippen molar-refractivity contribution in [1.29, 1.82) is 0 Å². The van der Waals surface area contributed by atoms with Crippen LogP contribution in [-0.4, -0.2) is 32.6 Å². The summed E-state index contributed by atoms with van der Waals surface area (Å²) >= 11 is 1.50. The highest BCUT2D eigenvalue weighted by molar-refractivity contribution is 7.11. The number of nitrogens with zero attached hydrogens (tertiary/aromatic N) is 3. The third-order valence-electron chi connectivity index (χ3n) is 3.04. The number of fused-ring (bicyclic) bond motifs is 1. The first-order valence-electron chi connectivity index (χ1n) is 6.70. The van der Waals surface area contributed by atoms with Crippen molar-refractivity contribution < 1.29 is 4.79 Å². The van der Waals surface area contributed by atoms with Crippen molar-refractivity contribution in [2.24, 2.45) is 0 Å². The van der Waals surface area contributed by atoms with Gasteiger partial charge in [-0.1, -0.05) is 18.2 Å². The topological polar surface area (TPSA) is 101 Å². The fraction of sp³-hybridized carbons (Fsp3) is 0.214. The zero-order valence-corrected chi connectivity index (χ0v) is 12.6. The molecule has 2 N–H and O–H groups in total. The number of nitrogens with one attached hydrogen (secondary N) is 2. The average Bonchev–Trinajstić information content (AvgIpc) is 2.91. The molecule has 1 aromatic carbocycles. The largest absolute Gasteiger partial charge is 0.350 e. The fourth-order valence-electron chi connectivity index (χ4n) is 2.08. The molecule has 0 saturated heterocycles. The number of H-pyrrole nitrogens is 1. The second-order valence-corrected chi connectivity index (χ2v) is 5.92. The van der Waals surface area contributed by atoms with E-state index in [-0.39, 0.29) is 11.6 Å². The van der Waals surface area contributed by atoms with Crippen LogP contribution in [0.2, 0.25) is 0 Å². The van der Waals surface area contributed by atoms with Gasteiger partial charge in [0.15, 0.2) is 0 Å². The zero-order valence-electron chi connectivity index (χ0n) is 11.8. The standard InChI is InChI=1S/C14H13N5O2S/c1-8-18-19-11(22-8)6-7-15-13(20)12-9-4-2-3-5-10(9)16-14(21)17-12/h2-5H,6-7H2,1H3,(H,15,20)(H,16,17,21). The van der Waals surface area contributed by atoms with Crippen LogP contribution in [0.5, 0.6) is 0 Å². The quantitative estimate of drug-likeness (QED) is 0.749. The maximum absolute atomic E-state index is 12.2. The summed E-state index contributed by atoms with van der Waals surface area (Å²) in [5, 5.41) is 13.1. The Bertz CT molecular complexity index is 886. The van der Waals surface area contributed by atoms with E-state index < -0.39 is 5.69 Å². The number of benzene rings is 1. The van der Waals surface area contributed by atoms with Gasteiger partial charge in [0.2, 0.25) is 0 Å². The average molecular weight is 315 g/mol. The molecule has 0 atom stereocenters. The normalized spacial score (nSPS) is 10.8. The lowest BCUT2D eigenvalue weighted by Gasteiger charge is -2.05. The number of aromatic amines is 1. The summed E-state index contributed by atoms with van der Waals surface area (Å²) in [7, 11) is 0. The van der Waals surface area contributed by atoms with Crippen LogP contribution in [0.4, 0.5) is 0 Å². The van der Waals surface area contributed by atoms with Gasteiger partial charge in [0.05, 0.1) is 5.52 Å². The van der Waals surface area contributed by atoms with Crippen LogP contribution in [0.3, 0.4) is 0 Å². The molecule has 22 heavy (non-hydrogen) atoms. The molecule has 0 fully saturated rings. The molecule has 0 aliphatic carbocycles. The van der Waals surface area contributed by atoms with Crippen LogP contribution < -0.4 is 11.0 Å². The molecule has 1 amide bonds. The van der Waals surface area contributed by atoms with Crippen LogP contribution >= 0.6 is 11.3 Å². The Morgan fingerprint density at radius 2 is 2.14 bits per heavy atom.